The first-order chi connectivity index (χ1) is 16.0. The van der Waals surface area contributed by atoms with E-state index in [1.807, 2.05) is 0 Å². The zero-order chi connectivity index (χ0) is 24.4. The lowest BCUT2D eigenvalue weighted by Gasteiger charge is -2.12. The fourth-order valence-electron chi connectivity index (χ4n) is 3.25. The van der Waals surface area contributed by atoms with E-state index in [-0.39, 0.29) is 38.9 Å². The van der Waals surface area contributed by atoms with Crippen LogP contribution >= 0.6 is 11.6 Å². The highest BCUT2D eigenvalue weighted by molar-refractivity contribution is 6.30. The highest BCUT2D eigenvalue weighted by Gasteiger charge is 2.33. The number of rotatable bonds is 2. The van der Waals surface area contributed by atoms with Gasteiger partial charge in [0.15, 0.2) is 22.4 Å². The molecule has 0 fully saturated rings. The van der Waals surface area contributed by atoms with Crippen LogP contribution in [0.15, 0.2) is 39.7 Å². The maximum Gasteiger partial charge on any atom is 0.433 e. The highest BCUT2D eigenvalue weighted by atomic mass is 35.5. The normalized spacial score (nSPS) is 12.1. The van der Waals surface area contributed by atoms with E-state index in [4.69, 9.17) is 16.0 Å². The Labute approximate surface area is 191 Å². The number of aromatic nitrogens is 6. The Hall–Kier alpha value is -3.93. The van der Waals surface area contributed by atoms with Gasteiger partial charge in [0.25, 0.3) is 5.89 Å². The predicted octanol–water partition coefficient (Wildman–Crippen LogP) is 4.81. The zero-order valence-electron chi connectivity index (χ0n) is 17.3. The highest BCUT2D eigenvalue weighted by Crippen LogP contribution is 2.31. The Morgan fingerprint density at radius 1 is 1.06 bits per heavy atom. The van der Waals surface area contributed by atoms with E-state index in [0.717, 1.165) is 16.9 Å². The fourth-order valence-corrected chi connectivity index (χ4v) is 3.41. The third-order valence-corrected chi connectivity index (χ3v) is 5.26. The van der Waals surface area contributed by atoms with Gasteiger partial charge in [-0.15, -0.1) is 0 Å². The Kier molecular flexibility index (Phi) is 4.86. The van der Waals surface area contributed by atoms with E-state index in [0.29, 0.717) is 17.5 Å². The molecule has 0 N–H and O–H groups in total. The van der Waals surface area contributed by atoms with Gasteiger partial charge in [0, 0.05) is 5.02 Å². The number of aryl methyl sites for hydroxylation is 2. The maximum absolute atomic E-state index is 14.8. The van der Waals surface area contributed by atoms with Crippen LogP contribution in [0.3, 0.4) is 0 Å². The Morgan fingerprint density at radius 3 is 2.50 bits per heavy atom. The molecule has 0 saturated heterocycles. The topological polar surface area (TPSA) is 99.6 Å². The summed E-state index contributed by atoms with van der Waals surface area (Å²) in [7, 11) is 0. The Morgan fingerprint density at radius 2 is 1.79 bits per heavy atom. The van der Waals surface area contributed by atoms with Gasteiger partial charge in [-0.25, -0.2) is 29.0 Å². The first-order valence-corrected chi connectivity index (χ1v) is 9.98. The number of fused-ring (bicyclic) bond motifs is 2. The molecule has 4 aromatic heterocycles. The van der Waals surface area contributed by atoms with Crippen LogP contribution in [0, 0.1) is 19.7 Å². The summed E-state index contributed by atoms with van der Waals surface area (Å²) < 4.78 is 60.3. The lowest BCUT2D eigenvalue weighted by atomic mass is 10.2. The second-order valence-electron chi connectivity index (χ2n) is 7.31. The van der Waals surface area contributed by atoms with E-state index in [1.54, 1.807) is 13.8 Å². The van der Waals surface area contributed by atoms with E-state index in [9.17, 15) is 22.4 Å². The van der Waals surface area contributed by atoms with Crippen molar-refractivity contribution in [2.75, 3.05) is 0 Å². The molecular formula is C21H11ClF4N6O2. The third kappa shape index (κ3) is 3.55. The quantitative estimate of drug-likeness (QED) is 0.327. The minimum atomic E-state index is -4.70. The van der Waals surface area contributed by atoms with Crippen LogP contribution in [-0.4, -0.2) is 29.7 Å². The average molecular weight is 491 g/mol. The summed E-state index contributed by atoms with van der Waals surface area (Å²) >= 11 is 5.85. The molecule has 5 aromatic rings. The van der Waals surface area contributed by atoms with Crippen molar-refractivity contribution in [3.8, 4) is 17.3 Å². The number of hydrogen-bond donors (Lipinski definition) is 0. The molecule has 4 heterocycles. The van der Waals surface area contributed by atoms with Crippen LogP contribution in [0.2, 0.25) is 5.02 Å². The molecule has 0 atom stereocenters. The zero-order valence-corrected chi connectivity index (χ0v) is 18.0. The smallest absolute Gasteiger partial charge is 0.433 e. The summed E-state index contributed by atoms with van der Waals surface area (Å²) in [5.74, 6) is -1.14. The molecule has 34 heavy (non-hydrogen) atoms. The molecule has 0 unspecified atom stereocenters. The SMILES string of the molecule is Cc1nc2c(=O)c(-c3nc4cc(C(F)(F)F)ncc4o3)nn(-c3ccc(Cl)cc3F)c2nc1C. The molecule has 0 radical (unpaired) electrons. The average Bonchev–Trinajstić information content (AvgIpc) is 3.18. The van der Waals surface area contributed by atoms with Crippen molar-refractivity contribution in [3.05, 3.63) is 68.6 Å². The second-order valence-corrected chi connectivity index (χ2v) is 7.74. The van der Waals surface area contributed by atoms with Crippen LogP contribution < -0.4 is 5.43 Å². The molecule has 0 amide bonds. The van der Waals surface area contributed by atoms with Crippen molar-refractivity contribution in [1.29, 1.82) is 0 Å². The summed E-state index contributed by atoms with van der Waals surface area (Å²) in [5.41, 5.74) is -1.95. The van der Waals surface area contributed by atoms with E-state index < -0.39 is 28.8 Å². The first kappa shape index (κ1) is 21.9. The molecule has 0 aliphatic rings. The van der Waals surface area contributed by atoms with Crippen molar-refractivity contribution >= 4 is 33.9 Å². The largest absolute Gasteiger partial charge is 0.433 e. The lowest BCUT2D eigenvalue weighted by Crippen LogP contribution is -2.19. The number of nitrogens with zero attached hydrogens (tertiary/aromatic N) is 6. The molecule has 8 nitrogen and oxygen atoms in total. The molecule has 0 aliphatic heterocycles. The van der Waals surface area contributed by atoms with E-state index in [1.165, 1.54) is 12.1 Å². The maximum atomic E-state index is 14.8. The number of oxazole rings is 1. The standard InChI is InChI=1S/C21H11ClF4N6O2/c1-8-9(2)29-19-16(28-8)18(33)17(31-32(19)13-4-3-10(22)5-11(13)23)20-30-12-6-15(21(24,25)26)27-7-14(12)34-20/h3-7H,1-2H3. The molecule has 0 spiro atoms. The summed E-state index contributed by atoms with van der Waals surface area (Å²) in [6.07, 6.45) is -3.85. The molecule has 13 heteroatoms. The molecular weight excluding hydrogens is 480 g/mol. The molecule has 5 rings (SSSR count). The van der Waals surface area contributed by atoms with Gasteiger partial charge in [-0.2, -0.15) is 18.3 Å². The summed E-state index contributed by atoms with van der Waals surface area (Å²) in [4.78, 5) is 29.2. The number of pyridine rings is 1. The second kappa shape index (κ2) is 7.55. The molecule has 0 aliphatic carbocycles. The molecule has 172 valence electrons. The van der Waals surface area contributed by atoms with Crippen molar-refractivity contribution in [3.63, 3.8) is 0 Å². The van der Waals surface area contributed by atoms with Crippen molar-refractivity contribution in [1.82, 2.24) is 29.7 Å². The van der Waals surface area contributed by atoms with Gasteiger partial charge in [-0.05, 0) is 38.1 Å². The number of hydrogen-bond acceptors (Lipinski definition) is 7. The Bertz CT molecular complexity index is 1680. The minimum absolute atomic E-state index is 0.0322. The van der Waals surface area contributed by atoms with Gasteiger partial charge < -0.3 is 4.42 Å². The summed E-state index contributed by atoms with van der Waals surface area (Å²) in [5, 5.41) is 4.32. The monoisotopic (exact) mass is 490 g/mol. The van der Waals surface area contributed by atoms with Crippen molar-refractivity contribution in [2.45, 2.75) is 20.0 Å². The van der Waals surface area contributed by atoms with Gasteiger partial charge in [0.2, 0.25) is 5.43 Å². The summed E-state index contributed by atoms with van der Waals surface area (Å²) in [6, 6.07) is 4.50. The van der Waals surface area contributed by atoms with Crippen molar-refractivity contribution in [2.24, 2.45) is 0 Å². The van der Waals surface area contributed by atoms with Crippen LogP contribution in [0.25, 0.3) is 39.5 Å². The predicted molar refractivity (Wildman–Crippen MR) is 113 cm³/mol. The van der Waals surface area contributed by atoms with Gasteiger partial charge in [-0.1, -0.05) is 11.6 Å². The third-order valence-electron chi connectivity index (χ3n) is 5.03. The fraction of sp³-hybridized carbons (Fsp3) is 0.143. The van der Waals surface area contributed by atoms with Crippen LogP contribution in [0.1, 0.15) is 17.1 Å². The molecule has 0 saturated carbocycles. The van der Waals surface area contributed by atoms with E-state index >= 15 is 0 Å². The Balaban J connectivity index is 1.82. The molecule has 0 bridgehead atoms. The van der Waals surface area contributed by atoms with Crippen LogP contribution in [0.5, 0.6) is 0 Å². The number of alkyl halides is 3. The van der Waals surface area contributed by atoms with Gasteiger partial charge >= 0.3 is 6.18 Å². The summed E-state index contributed by atoms with van der Waals surface area (Å²) in [6.45, 7) is 3.30. The van der Waals surface area contributed by atoms with Gasteiger partial charge in [0.1, 0.15) is 22.7 Å². The van der Waals surface area contributed by atoms with Gasteiger partial charge in [0.05, 0.1) is 17.6 Å². The number of benzene rings is 1. The minimum Gasteiger partial charge on any atom is -0.433 e. The van der Waals surface area contributed by atoms with Gasteiger partial charge in [-0.3, -0.25) is 4.79 Å². The van der Waals surface area contributed by atoms with Crippen LogP contribution in [-0.2, 0) is 6.18 Å². The van der Waals surface area contributed by atoms with Crippen molar-refractivity contribution < 1.29 is 22.0 Å². The number of halogens is 5. The molecule has 1 aromatic carbocycles. The van der Waals surface area contributed by atoms with Crippen LogP contribution in [0.4, 0.5) is 17.6 Å². The first-order valence-electron chi connectivity index (χ1n) is 9.61. The van der Waals surface area contributed by atoms with E-state index in [2.05, 4.69) is 25.0 Å². The lowest BCUT2D eigenvalue weighted by molar-refractivity contribution is -0.141.